The number of aliphatic carboxylic acids is 1. The molecule has 4 heteroatoms. The second kappa shape index (κ2) is 5.56. The van der Waals surface area contributed by atoms with Crippen LogP contribution in [0.5, 0.6) is 0 Å². The van der Waals surface area contributed by atoms with Crippen LogP contribution < -0.4 is 0 Å². The molecule has 1 unspecified atom stereocenters. The maximum atomic E-state index is 10.8. The number of nitrogens with zero attached hydrogens (tertiary/aromatic N) is 1. The summed E-state index contributed by atoms with van der Waals surface area (Å²) in [6.45, 7) is 5.51. The van der Waals surface area contributed by atoms with Gasteiger partial charge in [0.1, 0.15) is 6.04 Å². The van der Waals surface area contributed by atoms with E-state index in [4.69, 9.17) is 5.11 Å². The number of amides is 1. The summed E-state index contributed by atoms with van der Waals surface area (Å²) >= 11 is 0. The zero-order valence-corrected chi connectivity index (χ0v) is 8.36. The predicted octanol–water partition coefficient (Wildman–Crippen LogP) is 1.11. The van der Waals surface area contributed by atoms with Crippen LogP contribution in [0, 0.1) is 0 Å². The number of carbonyl (C=O) groups excluding carboxylic acids is 1. The van der Waals surface area contributed by atoms with Gasteiger partial charge in [-0.25, -0.2) is 4.79 Å². The third-order valence-corrected chi connectivity index (χ3v) is 1.93. The first-order valence-corrected chi connectivity index (χ1v) is 4.50. The average Bonchev–Trinajstić information content (AvgIpc) is 2.03. The number of carboxylic acid groups (broad SMARTS) is 1. The molecule has 0 aliphatic heterocycles. The third kappa shape index (κ3) is 3.44. The van der Waals surface area contributed by atoms with Crippen molar-refractivity contribution in [3.05, 3.63) is 0 Å². The van der Waals surface area contributed by atoms with Gasteiger partial charge in [0.25, 0.3) is 0 Å². The molecule has 0 aliphatic rings. The van der Waals surface area contributed by atoms with Crippen LogP contribution >= 0.6 is 0 Å². The normalized spacial score (nSPS) is 12.6. The number of carbonyl (C=O) groups is 2. The van der Waals surface area contributed by atoms with Crippen LogP contribution in [0.3, 0.4) is 0 Å². The summed E-state index contributed by atoms with van der Waals surface area (Å²) < 4.78 is 0. The standard InChI is InChI=1S/C9H17NO3/c1-4-5-8(9(12)13)10(6-11)7(2)3/h6-8H,4-5H2,1-3H3,(H,12,13). The van der Waals surface area contributed by atoms with Gasteiger partial charge in [-0.05, 0) is 20.3 Å². The zero-order valence-electron chi connectivity index (χ0n) is 8.36. The molecule has 0 saturated carbocycles. The molecule has 1 atom stereocenters. The van der Waals surface area contributed by atoms with Crippen molar-refractivity contribution in [2.75, 3.05) is 0 Å². The topological polar surface area (TPSA) is 57.6 Å². The van der Waals surface area contributed by atoms with Gasteiger partial charge in [0.15, 0.2) is 0 Å². The summed E-state index contributed by atoms with van der Waals surface area (Å²) in [6, 6.07) is -0.743. The lowest BCUT2D eigenvalue weighted by Crippen LogP contribution is -2.44. The Kier molecular flexibility index (Phi) is 5.11. The number of carboxylic acids is 1. The fourth-order valence-corrected chi connectivity index (χ4v) is 1.23. The van der Waals surface area contributed by atoms with Gasteiger partial charge >= 0.3 is 5.97 Å². The van der Waals surface area contributed by atoms with Gasteiger partial charge in [0, 0.05) is 6.04 Å². The molecule has 1 amide bonds. The Morgan fingerprint density at radius 1 is 1.54 bits per heavy atom. The van der Waals surface area contributed by atoms with E-state index in [1.54, 1.807) is 13.8 Å². The molecule has 0 aliphatic carbocycles. The highest BCUT2D eigenvalue weighted by molar-refractivity contribution is 5.76. The minimum atomic E-state index is -0.928. The average molecular weight is 187 g/mol. The van der Waals surface area contributed by atoms with Gasteiger partial charge in [0.05, 0.1) is 0 Å². The predicted molar refractivity (Wildman–Crippen MR) is 49.4 cm³/mol. The van der Waals surface area contributed by atoms with E-state index in [0.29, 0.717) is 12.8 Å². The molecule has 0 heterocycles. The SMILES string of the molecule is CCCC(C(=O)O)N(C=O)C(C)C. The molecule has 0 saturated heterocycles. The second-order valence-corrected chi connectivity index (χ2v) is 3.29. The van der Waals surface area contributed by atoms with E-state index in [9.17, 15) is 9.59 Å². The molecule has 76 valence electrons. The second-order valence-electron chi connectivity index (χ2n) is 3.29. The molecule has 0 rings (SSSR count). The Labute approximate surface area is 78.5 Å². The zero-order chi connectivity index (χ0) is 10.4. The highest BCUT2D eigenvalue weighted by Gasteiger charge is 2.25. The molecule has 0 aromatic carbocycles. The molecule has 13 heavy (non-hydrogen) atoms. The molecule has 0 bridgehead atoms. The molecule has 0 aromatic heterocycles. The Hall–Kier alpha value is -1.06. The highest BCUT2D eigenvalue weighted by Crippen LogP contribution is 2.09. The van der Waals surface area contributed by atoms with Gasteiger partial charge in [-0.1, -0.05) is 13.3 Å². The first-order valence-electron chi connectivity index (χ1n) is 4.50. The van der Waals surface area contributed by atoms with Crippen molar-refractivity contribution >= 4 is 12.4 Å². The van der Waals surface area contributed by atoms with Gasteiger partial charge in [-0.15, -0.1) is 0 Å². The number of rotatable bonds is 6. The Bertz CT molecular complexity index is 180. The summed E-state index contributed by atoms with van der Waals surface area (Å²) in [5.74, 6) is -0.928. The van der Waals surface area contributed by atoms with Crippen LogP contribution in [0.25, 0.3) is 0 Å². The van der Waals surface area contributed by atoms with E-state index < -0.39 is 12.0 Å². The quantitative estimate of drug-likeness (QED) is 0.633. The van der Waals surface area contributed by atoms with Crippen molar-refractivity contribution in [1.29, 1.82) is 0 Å². The van der Waals surface area contributed by atoms with Crippen molar-refractivity contribution in [2.24, 2.45) is 0 Å². The van der Waals surface area contributed by atoms with Crippen LogP contribution in [-0.2, 0) is 9.59 Å². The van der Waals surface area contributed by atoms with Gasteiger partial charge < -0.3 is 10.0 Å². The lowest BCUT2D eigenvalue weighted by atomic mass is 10.1. The van der Waals surface area contributed by atoms with Crippen LogP contribution in [-0.4, -0.2) is 34.5 Å². The van der Waals surface area contributed by atoms with Gasteiger partial charge in [-0.3, -0.25) is 4.79 Å². The monoisotopic (exact) mass is 187 g/mol. The van der Waals surface area contributed by atoms with Crippen LogP contribution in [0.1, 0.15) is 33.6 Å². The molecule has 0 spiro atoms. The molecule has 0 fully saturated rings. The van der Waals surface area contributed by atoms with E-state index in [-0.39, 0.29) is 6.04 Å². The lowest BCUT2D eigenvalue weighted by Gasteiger charge is -2.28. The fourth-order valence-electron chi connectivity index (χ4n) is 1.23. The van der Waals surface area contributed by atoms with Crippen molar-refractivity contribution in [3.63, 3.8) is 0 Å². The van der Waals surface area contributed by atoms with Crippen LogP contribution in [0.4, 0.5) is 0 Å². The molecule has 0 radical (unpaired) electrons. The number of hydrogen-bond donors (Lipinski definition) is 1. The molecular formula is C9H17NO3. The summed E-state index contributed by atoms with van der Waals surface area (Å²) in [6.07, 6.45) is 1.87. The van der Waals surface area contributed by atoms with Gasteiger partial charge in [-0.2, -0.15) is 0 Å². The smallest absolute Gasteiger partial charge is 0.326 e. The maximum absolute atomic E-state index is 10.8. The summed E-state index contributed by atoms with van der Waals surface area (Å²) in [4.78, 5) is 22.8. The van der Waals surface area contributed by atoms with E-state index >= 15 is 0 Å². The Morgan fingerprint density at radius 3 is 2.31 bits per heavy atom. The molecular weight excluding hydrogens is 170 g/mol. The first-order chi connectivity index (χ1) is 6.04. The Balaban J connectivity index is 4.48. The van der Waals surface area contributed by atoms with Crippen LogP contribution in [0.15, 0.2) is 0 Å². The third-order valence-electron chi connectivity index (χ3n) is 1.93. The van der Waals surface area contributed by atoms with Crippen molar-refractivity contribution < 1.29 is 14.7 Å². The van der Waals surface area contributed by atoms with Crippen LogP contribution in [0.2, 0.25) is 0 Å². The van der Waals surface area contributed by atoms with Crippen molar-refractivity contribution in [2.45, 2.75) is 45.7 Å². The molecule has 0 aromatic rings. The molecule has 4 nitrogen and oxygen atoms in total. The van der Waals surface area contributed by atoms with E-state index in [0.717, 1.165) is 6.42 Å². The number of hydrogen-bond acceptors (Lipinski definition) is 2. The minimum absolute atomic E-state index is 0.0647. The fraction of sp³-hybridized carbons (Fsp3) is 0.778. The first kappa shape index (κ1) is 11.9. The van der Waals surface area contributed by atoms with E-state index in [1.807, 2.05) is 6.92 Å². The maximum Gasteiger partial charge on any atom is 0.326 e. The van der Waals surface area contributed by atoms with E-state index in [2.05, 4.69) is 0 Å². The minimum Gasteiger partial charge on any atom is -0.480 e. The van der Waals surface area contributed by atoms with Crippen molar-refractivity contribution in [1.82, 2.24) is 4.90 Å². The summed E-state index contributed by atoms with van der Waals surface area (Å²) in [7, 11) is 0. The van der Waals surface area contributed by atoms with E-state index in [1.165, 1.54) is 4.90 Å². The lowest BCUT2D eigenvalue weighted by molar-refractivity contribution is -0.147. The summed E-state index contributed by atoms with van der Waals surface area (Å²) in [5, 5.41) is 8.85. The highest BCUT2D eigenvalue weighted by atomic mass is 16.4. The Morgan fingerprint density at radius 2 is 2.08 bits per heavy atom. The summed E-state index contributed by atoms with van der Waals surface area (Å²) in [5.41, 5.74) is 0. The van der Waals surface area contributed by atoms with Gasteiger partial charge in [0.2, 0.25) is 6.41 Å². The largest absolute Gasteiger partial charge is 0.480 e. The molecule has 1 N–H and O–H groups in total. The van der Waals surface area contributed by atoms with Crippen molar-refractivity contribution in [3.8, 4) is 0 Å².